The molecule has 148 valence electrons. The molecule has 0 saturated carbocycles. The van der Waals surface area contributed by atoms with Crippen LogP contribution in [0.4, 0.5) is 31.5 Å². The van der Waals surface area contributed by atoms with Crippen LogP contribution < -0.4 is 5.32 Å². The van der Waals surface area contributed by atoms with Crippen LogP contribution in [-0.2, 0) is 12.4 Å². The van der Waals surface area contributed by atoms with Crippen molar-refractivity contribution in [1.82, 2.24) is 14.8 Å². The molecule has 0 bridgehead atoms. The van der Waals surface area contributed by atoms with Crippen molar-refractivity contribution in [2.75, 3.05) is 5.32 Å². The van der Waals surface area contributed by atoms with Crippen LogP contribution in [0, 0.1) is 6.92 Å². The van der Waals surface area contributed by atoms with Crippen LogP contribution >= 0.6 is 11.3 Å². The molecule has 0 spiro atoms. The number of nitrogens with one attached hydrogen (secondary N) is 1. The first-order valence-corrected chi connectivity index (χ1v) is 8.41. The van der Waals surface area contributed by atoms with Gasteiger partial charge in [-0.15, -0.1) is 11.3 Å². The summed E-state index contributed by atoms with van der Waals surface area (Å²) in [6.07, 6.45) is -8.96. The van der Waals surface area contributed by atoms with Crippen molar-refractivity contribution in [2.45, 2.75) is 19.3 Å². The molecule has 0 saturated heterocycles. The number of carbonyl (C=O) groups is 1. The number of hydrogen-bond acceptors (Lipinski definition) is 4. The first-order chi connectivity index (χ1) is 13.0. The maximum Gasteiger partial charge on any atom is 0.434 e. The predicted octanol–water partition coefficient (Wildman–Crippen LogP) is 4.93. The number of anilines is 1. The lowest BCUT2D eigenvalue weighted by molar-refractivity contribution is -0.143. The molecule has 3 aromatic rings. The number of hydrogen-bond donors (Lipinski definition) is 1. The third-order valence-corrected chi connectivity index (χ3v) is 4.40. The molecule has 28 heavy (non-hydrogen) atoms. The predicted molar refractivity (Wildman–Crippen MR) is 88.4 cm³/mol. The molecular formula is C16H10F6N4OS. The largest absolute Gasteiger partial charge is 0.434 e. The molecule has 3 rings (SSSR count). The molecule has 0 aliphatic rings. The number of halogens is 6. The van der Waals surface area contributed by atoms with Gasteiger partial charge in [0.15, 0.2) is 16.5 Å². The monoisotopic (exact) mass is 420 g/mol. The van der Waals surface area contributed by atoms with Gasteiger partial charge in [0, 0.05) is 5.38 Å². The molecule has 0 unspecified atom stereocenters. The summed E-state index contributed by atoms with van der Waals surface area (Å²) in [5.74, 6) is -1.27. The van der Waals surface area contributed by atoms with Gasteiger partial charge in [-0.1, -0.05) is 18.2 Å². The fourth-order valence-electron chi connectivity index (χ4n) is 2.40. The fourth-order valence-corrected chi connectivity index (χ4v) is 3.11. The van der Waals surface area contributed by atoms with E-state index in [1.807, 2.05) is 5.32 Å². The summed E-state index contributed by atoms with van der Waals surface area (Å²) in [5.41, 5.74) is -2.83. The number of rotatable bonds is 3. The Morgan fingerprint density at radius 3 is 2.36 bits per heavy atom. The lowest BCUT2D eigenvalue weighted by Gasteiger charge is -2.14. The van der Waals surface area contributed by atoms with Crippen molar-refractivity contribution in [3.05, 3.63) is 58.4 Å². The van der Waals surface area contributed by atoms with Gasteiger partial charge < -0.3 is 0 Å². The minimum atomic E-state index is -4.94. The molecular weight excluding hydrogens is 410 g/mol. The van der Waals surface area contributed by atoms with Crippen molar-refractivity contribution < 1.29 is 31.1 Å². The molecule has 5 nitrogen and oxygen atoms in total. The molecule has 0 aliphatic heterocycles. The zero-order valence-electron chi connectivity index (χ0n) is 13.9. The van der Waals surface area contributed by atoms with E-state index in [1.165, 1.54) is 12.1 Å². The number of aryl methyl sites for hydroxylation is 1. The van der Waals surface area contributed by atoms with Gasteiger partial charge in [-0.05, 0) is 18.6 Å². The molecule has 1 N–H and O–H groups in total. The van der Waals surface area contributed by atoms with E-state index in [1.54, 1.807) is 19.1 Å². The molecule has 0 aliphatic carbocycles. The summed E-state index contributed by atoms with van der Waals surface area (Å²) in [7, 11) is 0. The standard InChI is InChI=1S/C16H10F6N4OS/c1-8-4-2-3-5-10(8)26-12(16(20,21)22)9(6-23-26)13(27)25-14-24-11(7-28-14)15(17,18)19/h2-7H,1H3,(H,24,25,27). The van der Waals surface area contributed by atoms with Gasteiger partial charge in [-0.2, -0.15) is 31.4 Å². The number of aromatic nitrogens is 3. The number of thiazole rings is 1. The van der Waals surface area contributed by atoms with Crippen LogP contribution in [0.3, 0.4) is 0 Å². The Morgan fingerprint density at radius 1 is 1.11 bits per heavy atom. The van der Waals surface area contributed by atoms with E-state index >= 15 is 0 Å². The highest BCUT2D eigenvalue weighted by molar-refractivity contribution is 7.14. The Hall–Kier alpha value is -2.89. The van der Waals surface area contributed by atoms with Crippen LogP contribution in [0.25, 0.3) is 5.69 Å². The molecule has 12 heteroatoms. The SMILES string of the molecule is Cc1ccccc1-n1ncc(C(=O)Nc2nc(C(F)(F)F)cs2)c1C(F)(F)F. The second kappa shape index (κ2) is 6.93. The van der Waals surface area contributed by atoms with Crippen molar-refractivity contribution in [1.29, 1.82) is 0 Å². The highest BCUT2D eigenvalue weighted by Gasteiger charge is 2.41. The summed E-state index contributed by atoms with van der Waals surface area (Å²) in [5, 5.41) is 5.79. The maximum atomic E-state index is 13.6. The van der Waals surface area contributed by atoms with E-state index < -0.39 is 40.3 Å². The number of amides is 1. The van der Waals surface area contributed by atoms with E-state index in [2.05, 4.69) is 10.1 Å². The average Bonchev–Trinajstić information content (AvgIpc) is 3.21. The Bertz CT molecular complexity index is 1020. The van der Waals surface area contributed by atoms with Crippen molar-refractivity contribution in [3.8, 4) is 5.69 Å². The molecule has 2 aromatic heterocycles. The summed E-state index contributed by atoms with van der Waals surface area (Å²) >= 11 is 0.447. The number of benzene rings is 1. The first kappa shape index (κ1) is 19.9. The lowest BCUT2D eigenvalue weighted by atomic mass is 10.2. The van der Waals surface area contributed by atoms with E-state index in [0.717, 1.165) is 0 Å². The molecule has 2 heterocycles. The molecule has 0 fully saturated rings. The molecule has 1 aromatic carbocycles. The average molecular weight is 420 g/mol. The Kier molecular flexibility index (Phi) is 4.91. The molecule has 0 atom stereocenters. The van der Waals surface area contributed by atoms with Crippen LogP contribution in [0.15, 0.2) is 35.8 Å². The number of alkyl halides is 6. The summed E-state index contributed by atoms with van der Waals surface area (Å²) in [4.78, 5) is 15.5. The van der Waals surface area contributed by atoms with Crippen LogP contribution in [0.2, 0.25) is 0 Å². The van der Waals surface area contributed by atoms with Gasteiger partial charge in [0.05, 0.1) is 17.4 Å². The van der Waals surface area contributed by atoms with Crippen LogP contribution in [-0.4, -0.2) is 20.7 Å². The Balaban J connectivity index is 1.99. The van der Waals surface area contributed by atoms with Gasteiger partial charge in [-0.25, -0.2) is 9.67 Å². The summed E-state index contributed by atoms with van der Waals surface area (Å²) in [6, 6.07) is 6.11. The van der Waals surface area contributed by atoms with Gasteiger partial charge >= 0.3 is 12.4 Å². The van der Waals surface area contributed by atoms with E-state index in [-0.39, 0.29) is 5.69 Å². The fraction of sp³-hybridized carbons (Fsp3) is 0.188. The van der Waals surface area contributed by atoms with Crippen LogP contribution in [0.5, 0.6) is 0 Å². The van der Waals surface area contributed by atoms with E-state index in [0.29, 0.717) is 33.2 Å². The summed E-state index contributed by atoms with van der Waals surface area (Å²) in [6.45, 7) is 1.57. The van der Waals surface area contributed by atoms with E-state index in [4.69, 9.17) is 0 Å². The second-order valence-corrected chi connectivity index (χ2v) is 6.45. The van der Waals surface area contributed by atoms with E-state index in [9.17, 15) is 31.1 Å². The second-order valence-electron chi connectivity index (χ2n) is 5.59. The number of nitrogens with zero attached hydrogens (tertiary/aromatic N) is 3. The zero-order valence-corrected chi connectivity index (χ0v) is 14.7. The summed E-state index contributed by atoms with van der Waals surface area (Å²) < 4.78 is 79.2. The smallest absolute Gasteiger partial charge is 0.298 e. The highest BCUT2D eigenvalue weighted by Crippen LogP contribution is 2.35. The Morgan fingerprint density at radius 2 is 1.79 bits per heavy atom. The maximum absolute atomic E-state index is 13.6. The molecule has 1 amide bonds. The first-order valence-electron chi connectivity index (χ1n) is 7.54. The number of carbonyl (C=O) groups excluding carboxylic acids is 1. The lowest BCUT2D eigenvalue weighted by Crippen LogP contribution is -2.21. The van der Waals surface area contributed by atoms with Gasteiger partial charge in [-0.3, -0.25) is 10.1 Å². The van der Waals surface area contributed by atoms with Crippen molar-refractivity contribution >= 4 is 22.4 Å². The minimum Gasteiger partial charge on any atom is -0.298 e. The third kappa shape index (κ3) is 3.86. The van der Waals surface area contributed by atoms with Crippen molar-refractivity contribution in [3.63, 3.8) is 0 Å². The number of para-hydroxylation sites is 1. The minimum absolute atomic E-state index is 0.113. The van der Waals surface area contributed by atoms with Gasteiger partial charge in [0.1, 0.15) is 0 Å². The molecule has 0 radical (unpaired) electrons. The Labute approximate surface area is 157 Å². The van der Waals surface area contributed by atoms with Crippen molar-refractivity contribution in [2.24, 2.45) is 0 Å². The topological polar surface area (TPSA) is 59.8 Å². The van der Waals surface area contributed by atoms with Crippen LogP contribution in [0.1, 0.15) is 27.3 Å². The zero-order chi connectivity index (χ0) is 20.7. The normalized spacial score (nSPS) is 12.2. The van der Waals surface area contributed by atoms with Gasteiger partial charge in [0.25, 0.3) is 5.91 Å². The third-order valence-electron chi connectivity index (χ3n) is 3.64. The van der Waals surface area contributed by atoms with Gasteiger partial charge in [0.2, 0.25) is 0 Å². The quantitative estimate of drug-likeness (QED) is 0.612. The highest BCUT2D eigenvalue weighted by atomic mass is 32.1.